The van der Waals surface area contributed by atoms with E-state index in [4.69, 9.17) is 16.3 Å². The van der Waals surface area contributed by atoms with Crippen LogP contribution in [0.2, 0.25) is 0 Å². The van der Waals surface area contributed by atoms with Gasteiger partial charge in [0.15, 0.2) is 0 Å². The molecule has 6 heteroatoms. The maximum atomic E-state index is 11.2. The highest BCUT2D eigenvalue weighted by Crippen LogP contribution is 1.99. The maximum absolute atomic E-state index is 11.2. The molecule has 0 aliphatic heterocycles. The Morgan fingerprint density at radius 2 is 1.76 bits per heavy atom. The molecule has 1 rings (SSSR count). The molecular formula is C11H13ClN2O3. The predicted octanol–water partition coefficient (Wildman–Crippen LogP) is 0.589. The number of hydrogen-bond acceptors (Lipinski definition) is 3. The summed E-state index contributed by atoms with van der Waals surface area (Å²) in [5.41, 5.74) is 5.28. The standard InChI is InChI=1S/C11H13ClN2O3/c12-6-10(15)13-14-11(16)8-17-7-9-4-2-1-3-5-9/h1-5H,6-8H2,(H,13,15)(H,14,16). The first-order valence-corrected chi connectivity index (χ1v) is 5.51. The average Bonchev–Trinajstić information content (AvgIpc) is 2.37. The van der Waals surface area contributed by atoms with Crippen LogP contribution in [0.25, 0.3) is 0 Å². The highest BCUT2D eigenvalue weighted by molar-refractivity contribution is 6.27. The SMILES string of the molecule is O=C(CCl)NNC(=O)COCc1ccccc1. The smallest absolute Gasteiger partial charge is 0.264 e. The summed E-state index contributed by atoms with van der Waals surface area (Å²) < 4.78 is 5.15. The van der Waals surface area contributed by atoms with Gasteiger partial charge >= 0.3 is 0 Å². The van der Waals surface area contributed by atoms with Gasteiger partial charge in [-0.25, -0.2) is 0 Å². The van der Waals surface area contributed by atoms with Gasteiger partial charge in [-0.15, -0.1) is 11.6 Å². The number of halogens is 1. The van der Waals surface area contributed by atoms with Gasteiger partial charge in [0.1, 0.15) is 12.5 Å². The number of rotatable bonds is 5. The van der Waals surface area contributed by atoms with Crippen LogP contribution in [0.1, 0.15) is 5.56 Å². The molecule has 0 aromatic heterocycles. The number of carbonyl (C=O) groups is 2. The zero-order valence-corrected chi connectivity index (χ0v) is 9.87. The molecule has 2 amide bonds. The summed E-state index contributed by atoms with van der Waals surface area (Å²) in [7, 11) is 0. The third-order valence-electron chi connectivity index (χ3n) is 1.81. The molecule has 0 unspecified atom stereocenters. The van der Waals surface area contributed by atoms with Gasteiger partial charge in [0.05, 0.1) is 6.61 Å². The molecule has 0 radical (unpaired) electrons. The zero-order chi connectivity index (χ0) is 12.5. The quantitative estimate of drug-likeness (QED) is 0.599. The topological polar surface area (TPSA) is 67.4 Å². The Kier molecular flexibility index (Phi) is 6.06. The summed E-state index contributed by atoms with van der Waals surface area (Å²) in [6.45, 7) is 0.217. The van der Waals surface area contributed by atoms with Crippen LogP contribution in [0.15, 0.2) is 30.3 Å². The van der Waals surface area contributed by atoms with Crippen LogP contribution in [-0.2, 0) is 20.9 Å². The van der Waals surface area contributed by atoms with E-state index in [1.807, 2.05) is 30.3 Å². The van der Waals surface area contributed by atoms with Crippen molar-refractivity contribution in [3.05, 3.63) is 35.9 Å². The van der Waals surface area contributed by atoms with E-state index >= 15 is 0 Å². The molecule has 2 N–H and O–H groups in total. The van der Waals surface area contributed by atoms with Crippen molar-refractivity contribution in [2.75, 3.05) is 12.5 Å². The molecule has 0 spiro atoms. The van der Waals surface area contributed by atoms with Crippen LogP contribution in [0.3, 0.4) is 0 Å². The van der Waals surface area contributed by atoms with Crippen molar-refractivity contribution in [3.63, 3.8) is 0 Å². The van der Waals surface area contributed by atoms with Crippen LogP contribution >= 0.6 is 11.6 Å². The summed E-state index contributed by atoms with van der Waals surface area (Å²) in [6, 6.07) is 9.47. The second-order valence-electron chi connectivity index (χ2n) is 3.21. The number of amides is 2. The lowest BCUT2D eigenvalue weighted by Crippen LogP contribution is -2.43. The lowest BCUT2D eigenvalue weighted by atomic mass is 10.2. The maximum Gasteiger partial charge on any atom is 0.264 e. The molecule has 92 valence electrons. The Morgan fingerprint density at radius 3 is 2.41 bits per heavy atom. The zero-order valence-electron chi connectivity index (χ0n) is 9.11. The first-order valence-electron chi connectivity index (χ1n) is 4.97. The van der Waals surface area contributed by atoms with Crippen molar-refractivity contribution in [1.82, 2.24) is 10.9 Å². The van der Waals surface area contributed by atoms with E-state index in [1.54, 1.807) is 0 Å². The van der Waals surface area contributed by atoms with Crippen LogP contribution in [0.5, 0.6) is 0 Å². The molecule has 0 aliphatic carbocycles. The van der Waals surface area contributed by atoms with E-state index in [-0.39, 0.29) is 12.5 Å². The van der Waals surface area contributed by atoms with Crippen molar-refractivity contribution < 1.29 is 14.3 Å². The van der Waals surface area contributed by atoms with Gasteiger partial charge in [-0.1, -0.05) is 30.3 Å². The number of benzene rings is 1. The number of hydrazine groups is 1. The van der Waals surface area contributed by atoms with Crippen molar-refractivity contribution in [2.45, 2.75) is 6.61 Å². The lowest BCUT2D eigenvalue weighted by Gasteiger charge is -2.06. The van der Waals surface area contributed by atoms with Crippen molar-refractivity contribution in [1.29, 1.82) is 0 Å². The van der Waals surface area contributed by atoms with E-state index in [9.17, 15) is 9.59 Å². The predicted molar refractivity (Wildman–Crippen MR) is 63.1 cm³/mol. The van der Waals surface area contributed by atoms with Gasteiger partial charge < -0.3 is 4.74 Å². The van der Waals surface area contributed by atoms with Gasteiger partial charge in [0, 0.05) is 0 Å². The summed E-state index contributed by atoms with van der Waals surface area (Å²) in [5, 5.41) is 0. The minimum atomic E-state index is -0.469. The summed E-state index contributed by atoms with van der Waals surface area (Å²) in [6.07, 6.45) is 0. The van der Waals surface area contributed by atoms with Gasteiger partial charge in [-0.2, -0.15) is 0 Å². The number of carbonyl (C=O) groups excluding carboxylic acids is 2. The Morgan fingerprint density at radius 1 is 1.12 bits per heavy atom. The summed E-state index contributed by atoms with van der Waals surface area (Å²) in [5.74, 6) is -1.10. The van der Waals surface area contributed by atoms with E-state index in [1.165, 1.54) is 0 Å². The number of ether oxygens (including phenoxy) is 1. The molecule has 1 aromatic carbocycles. The molecule has 0 atom stereocenters. The molecule has 5 nitrogen and oxygen atoms in total. The molecule has 17 heavy (non-hydrogen) atoms. The minimum Gasteiger partial charge on any atom is -0.367 e. The summed E-state index contributed by atoms with van der Waals surface area (Å²) in [4.78, 5) is 21.9. The Balaban J connectivity index is 2.14. The fourth-order valence-corrected chi connectivity index (χ4v) is 1.11. The molecule has 0 saturated heterocycles. The number of nitrogens with one attached hydrogen (secondary N) is 2. The highest BCUT2D eigenvalue weighted by atomic mass is 35.5. The van der Waals surface area contributed by atoms with Crippen molar-refractivity contribution in [3.8, 4) is 0 Å². The molecule has 0 heterocycles. The number of hydrogen-bond donors (Lipinski definition) is 2. The van der Waals surface area contributed by atoms with E-state index in [0.717, 1.165) is 5.56 Å². The van der Waals surface area contributed by atoms with Crippen molar-refractivity contribution >= 4 is 23.4 Å². The van der Waals surface area contributed by atoms with Gasteiger partial charge in [0.25, 0.3) is 11.8 Å². The highest BCUT2D eigenvalue weighted by Gasteiger charge is 2.03. The van der Waals surface area contributed by atoms with Crippen LogP contribution in [-0.4, -0.2) is 24.3 Å². The van der Waals surface area contributed by atoms with E-state index in [2.05, 4.69) is 10.9 Å². The van der Waals surface area contributed by atoms with E-state index in [0.29, 0.717) is 6.61 Å². The Hall–Kier alpha value is -1.59. The average molecular weight is 257 g/mol. The molecule has 1 aromatic rings. The fraction of sp³-hybridized carbons (Fsp3) is 0.273. The largest absolute Gasteiger partial charge is 0.367 e. The normalized spacial score (nSPS) is 9.71. The molecule has 0 saturated carbocycles. The Bertz CT molecular complexity index is 370. The van der Waals surface area contributed by atoms with Gasteiger partial charge in [-0.05, 0) is 5.56 Å². The fourth-order valence-electron chi connectivity index (χ4n) is 1.04. The Labute approximate surface area is 104 Å². The van der Waals surface area contributed by atoms with Crippen LogP contribution in [0.4, 0.5) is 0 Å². The molecule has 0 aliphatic rings. The van der Waals surface area contributed by atoms with Gasteiger partial charge in [-0.3, -0.25) is 20.4 Å². The molecule has 0 bridgehead atoms. The third kappa shape index (κ3) is 5.89. The molecule has 0 fully saturated rings. The summed E-state index contributed by atoms with van der Waals surface area (Å²) >= 11 is 5.23. The lowest BCUT2D eigenvalue weighted by molar-refractivity contribution is -0.131. The molecular weight excluding hydrogens is 244 g/mol. The third-order valence-corrected chi connectivity index (χ3v) is 2.05. The monoisotopic (exact) mass is 256 g/mol. The van der Waals surface area contributed by atoms with Crippen LogP contribution in [0, 0.1) is 0 Å². The van der Waals surface area contributed by atoms with Crippen molar-refractivity contribution in [2.24, 2.45) is 0 Å². The number of alkyl halides is 1. The second kappa shape index (κ2) is 7.65. The first kappa shape index (κ1) is 13.5. The van der Waals surface area contributed by atoms with Gasteiger partial charge in [0.2, 0.25) is 0 Å². The van der Waals surface area contributed by atoms with Crippen LogP contribution < -0.4 is 10.9 Å². The second-order valence-corrected chi connectivity index (χ2v) is 3.48. The minimum absolute atomic E-state index is 0.128. The first-order chi connectivity index (χ1) is 8.22. The van der Waals surface area contributed by atoms with E-state index < -0.39 is 11.8 Å².